The van der Waals surface area contributed by atoms with E-state index in [2.05, 4.69) is 0 Å². The second-order valence-electron chi connectivity index (χ2n) is 4.33. The summed E-state index contributed by atoms with van der Waals surface area (Å²) in [5.74, 6) is 0.807. The van der Waals surface area contributed by atoms with Gasteiger partial charge in [-0.05, 0) is 24.0 Å². The van der Waals surface area contributed by atoms with Crippen molar-refractivity contribution in [1.29, 1.82) is 0 Å². The zero-order valence-corrected chi connectivity index (χ0v) is 9.93. The molecule has 2 N–H and O–H groups in total. The lowest BCUT2D eigenvalue weighted by molar-refractivity contribution is 0.0253. The molecule has 0 bridgehead atoms. The Bertz CT molecular complexity index is 375. The van der Waals surface area contributed by atoms with E-state index in [1.54, 1.807) is 18.2 Å². The second-order valence-corrected chi connectivity index (χ2v) is 4.33. The summed E-state index contributed by atoms with van der Waals surface area (Å²) in [6.45, 7) is 3.40. The predicted molar refractivity (Wildman–Crippen MR) is 65.5 cm³/mol. The average Bonchev–Trinajstić information content (AvgIpc) is 2.33. The molecule has 1 aromatic rings. The molecular formula is C12H17BO4. The monoisotopic (exact) mass is 236 g/mol. The van der Waals surface area contributed by atoms with Crippen molar-refractivity contribution in [2.75, 3.05) is 13.2 Å². The van der Waals surface area contributed by atoms with Crippen molar-refractivity contribution in [3.8, 4) is 5.75 Å². The Morgan fingerprint density at radius 1 is 1.29 bits per heavy atom. The van der Waals surface area contributed by atoms with Gasteiger partial charge in [-0.15, -0.1) is 0 Å². The van der Waals surface area contributed by atoms with E-state index in [9.17, 15) is 0 Å². The summed E-state index contributed by atoms with van der Waals surface area (Å²) in [4.78, 5) is 0. The van der Waals surface area contributed by atoms with E-state index >= 15 is 0 Å². The van der Waals surface area contributed by atoms with E-state index in [4.69, 9.17) is 19.5 Å². The number of hydrogen-bond donors (Lipinski definition) is 2. The molecule has 1 aromatic carbocycles. The Morgan fingerprint density at radius 3 is 2.59 bits per heavy atom. The largest absolute Gasteiger partial charge is 0.490 e. The quantitative estimate of drug-likeness (QED) is 0.737. The van der Waals surface area contributed by atoms with Gasteiger partial charge in [-0.3, -0.25) is 0 Å². The highest BCUT2D eigenvalue weighted by molar-refractivity contribution is 6.58. The van der Waals surface area contributed by atoms with Gasteiger partial charge in [0.1, 0.15) is 11.9 Å². The molecule has 0 aromatic heterocycles. The summed E-state index contributed by atoms with van der Waals surface area (Å²) in [5, 5.41) is 18.1. The Morgan fingerprint density at radius 2 is 2.00 bits per heavy atom. The van der Waals surface area contributed by atoms with Gasteiger partial charge in [-0.25, -0.2) is 0 Å². The number of hydrogen-bond acceptors (Lipinski definition) is 4. The second kappa shape index (κ2) is 5.53. The van der Waals surface area contributed by atoms with E-state index < -0.39 is 7.12 Å². The number of aryl methyl sites for hydroxylation is 1. The Hall–Kier alpha value is -1.04. The van der Waals surface area contributed by atoms with Crippen molar-refractivity contribution < 1.29 is 19.5 Å². The van der Waals surface area contributed by atoms with E-state index in [-0.39, 0.29) is 6.10 Å². The third-order valence-corrected chi connectivity index (χ3v) is 2.96. The fourth-order valence-electron chi connectivity index (χ4n) is 1.94. The minimum atomic E-state index is -1.43. The van der Waals surface area contributed by atoms with Crippen molar-refractivity contribution in [3.05, 3.63) is 23.8 Å². The third kappa shape index (κ3) is 3.22. The topological polar surface area (TPSA) is 58.9 Å². The molecule has 4 nitrogen and oxygen atoms in total. The Labute approximate surface area is 101 Å². The first-order valence-electron chi connectivity index (χ1n) is 5.88. The van der Waals surface area contributed by atoms with Crippen molar-refractivity contribution in [3.63, 3.8) is 0 Å². The molecule has 0 amide bonds. The maximum absolute atomic E-state index is 9.06. The van der Waals surface area contributed by atoms with Crippen LogP contribution in [-0.4, -0.2) is 36.5 Å². The molecule has 0 spiro atoms. The fraction of sp³-hybridized carbons (Fsp3) is 0.500. The third-order valence-electron chi connectivity index (χ3n) is 2.96. The molecule has 0 unspecified atom stereocenters. The highest BCUT2D eigenvalue weighted by Crippen LogP contribution is 2.21. The summed E-state index contributed by atoms with van der Waals surface area (Å²) in [5.41, 5.74) is 1.41. The molecule has 0 atom stereocenters. The van der Waals surface area contributed by atoms with Crippen LogP contribution in [0.5, 0.6) is 5.75 Å². The molecule has 0 radical (unpaired) electrons. The lowest BCUT2D eigenvalue weighted by Gasteiger charge is -2.24. The van der Waals surface area contributed by atoms with Crippen LogP contribution in [0, 0.1) is 6.92 Å². The van der Waals surface area contributed by atoms with Crippen LogP contribution in [-0.2, 0) is 4.74 Å². The van der Waals surface area contributed by atoms with Crippen molar-refractivity contribution >= 4 is 12.6 Å². The summed E-state index contributed by atoms with van der Waals surface area (Å²) in [7, 11) is -1.43. The van der Waals surface area contributed by atoms with Crippen LogP contribution < -0.4 is 10.2 Å². The molecule has 17 heavy (non-hydrogen) atoms. The number of rotatable bonds is 3. The molecule has 5 heteroatoms. The summed E-state index contributed by atoms with van der Waals surface area (Å²) in [6, 6.07) is 5.20. The molecule has 92 valence electrons. The fourth-order valence-corrected chi connectivity index (χ4v) is 1.94. The van der Waals surface area contributed by atoms with Crippen molar-refractivity contribution in [1.82, 2.24) is 0 Å². The molecule has 1 aliphatic rings. The van der Waals surface area contributed by atoms with Gasteiger partial charge in [0.15, 0.2) is 0 Å². The Kier molecular flexibility index (Phi) is 4.04. The molecule has 2 rings (SSSR count). The highest BCUT2D eigenvalue weighted by atomic mass is 16.5. The maximum Gasteiger partial charge on any atom is 0.488 e. The highest BCUT2D eigenvalue weighted by Gasteiger charge is 2.17. The van der Waals surface area contributed by atoms with E-state index in [1.807, 2.05) is 6.92 Å². The number of ether oxygens (including phenoxy) is 2. The molecule has 1 heterocycles. The minimum absolute atomic E-state index is 0.201. The van der Waals surface area contributed by atoms with Gasteiger partial charge in [0.05, 0.1) is 13.2 Å². The van der Waals surface area contributed by atoms with Crippen molar-refractivity contribution in [2.24, 2.45) is 0 Å². The first kappa shape index (κ1) is 12.4. The van der Waals surface area contributed by atoms with Gasteiger partial charge >= 0.3 is 7.12 Å². The van der Waals surface area contributed by atoms with Crippen LogP contribution in [0.2, 0.25) is 0 Å². The summed E-state index contributed by atoms with van der Waals surface area (Å²) < 4.78 is 11.1. The van der Waals surface area contributed by atoms with E-state index in [0.717, 1.165) is 37.4 Å². The molecule has 1 fully saturated rings. The Balaban J connectivity index is 2.05. The molecule has 1 saturated heterocycles. The van der Waals surface area contributed by atoms with Gasteiger partial charge in [0.2, 0.25) is 0 Å². The van der Waals surface area contributed by atoms with E-state index in [1.165, 1.54) is 0 Å². The normalized spacial score (nSPS) is 16.9. The zero-order valence-electron chi connectivity index (χ0n) is 9.93. The SMILES string of the molecule is Cc1cc(B(O)O)ccc1OC1CCOCC1. The van der Waals surface area contributed by atoms with Gasteiger partial charge in [-0.2, -0.15) is 0 Å². The summed E-state index contributed by atoms with van der Waals surface area (Å²) >= 11 is 0. The van der Waals surface area contributed by atoms with Crippen LogP contribution in [0.4, 0.5) is 0 Å². The first-order valence-corrected chi connectivity index (χ1v) is 5.88. The van der Waals surface area contributed by atoms with Crippen LogP contribution >= 0.6 is 0 Å². The maximum atomic E-state index is 9.06. The van der Waals surface area contributed by atoms with Crippen LogP contribution in [0.3, 0.4) is 0 Å². The lowest BCUT2D eigenvalue weighted by Crippen LogP contribution is -2.30. The van der Waals surface area contributed by atoms with Gasteiger partial charge in [0.25, 0.3) is 0 Å². The average molecular weight is 236 g/mol. The van der Waals surface area contributed by atoms with Gasteiger partial charge in [-0.1, -0.05) is 12.1 Å². The molecule has 0 aliphatic carbocycles. The predicted octanol–water partition coefficient (Wildman–Crippen LogP) is 0.233. The lowest BCUT2D eigenvalue weighted by atomic mass is 9.79. The smallest absolute Gasteiger partial charge is 0.488 e. The van der Waals surface area contributed by atoms with Crippen LogP contribution in [0.1, 0.15) is 18.4 Å². The van der Waals surface area contributed by atoms with Crippen LogP contribution in [0.15, 0.2) is 18.2 Å². The van der Waals surface area contributed by atoms with Crippen molar-refractivity contribution in [2.45, 2.75) is 25.9 Å². The van der Waals surface area contributed by atoms with Gasteiger partial charge < -0.3 is 19.5 Å². The molecule has 1 aliphatic heterocycles. The first-order chi connectivity index (χ1) is 8.16. The minimum Gasteiger partial charge on any atom is -0.490 e. The number of benzene rings is 1. The zero-order chi connectivity index (χ0) is 12.3. The molecular weight excluding hydrogens is 219 g/mol. The van der Waals surface area contributed by atoms with Gasteiger partial charge in [0, 0.05) is 12.8 Å². The standard InChI is InChI=1S/C12H17BO4/c1-9-8-10(13(14)15)2-3-12(9)17-11-4-6-16-7-5-11/h2-3,8,11,14-15H,4-7H2,1H3. The van der Waals surface area contributed by atoms with Crippen LogP contribution in [0.25, 0.3) is 0 Å². The summed E-state index contributed by atoms with van der Waals surface area (Å²) in [6.07, 6.45) is 2.01. The van der Waals surface area contributed by atoms with E-state index in [0.29, 0.717) is 5.46 Å². The molecule has 0 saturated carbocycles.